The van der Waals surface area contributed by atoms with Crippen LogP contribution in [0.25, 0.3) is 11.3 Å². The Kier molecular flexibility index (Phi) is 7.71. The molecule has 9 nitrogen and oxygen atoms in total. The molecule has 1 saturated carbocycles. The van der Waals surface area contributed by atoms with E-state index in [1.165, 1.54) is 37.4 Å². The second-order valence-electron chi connectivity index (χ2n) is 10.6. The van der Waals surface area contributed by atoms with E-state index in [9.17, 15) is 32.3 Å². The van der Waals surface area contributed by atoms with Crippen LogP contribution in [0.3, 0.4) is 0 Å². The van der Waals surface area contributed by atoms with Crippen molar-refractivity contribution in [1.82, 2.24) is 10.3 Å². The van der Waals surface area contributed by atoms with Gasteiger partial charge < -0.3 is 30.4 Å². The minimum atomic E-state index is -5.34. The normalized spacial score (nSPS) is 19.1. The summed E-state index contributed by atoms with van der Waals surface area (Å²) >= 11 is 0. The summed E-state index contributed by atoms with van der Waals surface area (Å²) < 4.78 is 74.4. The number of carbonyl (C=O) groups excluding carboxylic acids is 2. The highest BCUT2D eigenvalue weighted by Gasteiger charge is 2.58. The molecule has 1 aliphatic heterocycles. The first-order valence-corrected chi connectivity index (χ1v) is 13.5. The van der Waals surface area contributed by atoms with Crippen LogP contribution in [-0.4, -0.2) is 54.4 Å². The first kappa shape index (κ1) is 30.1. The predicted octanol–water partition coefficient (Wildman–Crippen LogP) is 4.14. The molecule has 13 heteroatoms. The number of aliphatic hydroxyl groups is 1. The van der Waals surface area contributed by atoms with Crippen LogP contribution in [0.5, 0.6) is 17.2 Å². The second kappa shape index (κ2) is 11.0. The van der Waals surface area contributed by atoms with Gasteiger partial charge in [0.15, 0.2) is 11.5 Å². The van der Waals surface area contributed by atoms with Crippen molar-refractivity contribution in [3.05, 3.63) is 71.2 Å². The molecule has 0 spiro atoms. The Morgan fingerprint density at radius 1 is 1.14 bits per heavy atom. The first-order chi connectivity index (χ1) is 20.3. The van der Waals surface area contributed by atoms with Gasteiger partial charge in [-0.15, -0.1) is 0 Å². The summed E-state index contributed by atoms with van der Waals surface area (Å²) in [5.74, 6) is -1.77. The molecule has 0 unspecified atom stereocenters. The monoisotopic (exact) mass is 603 g/mol. The molecule has 1 fully saturated rings. The van der Waals surface area contributed by atoms with Crippen molar-refractivity contribution < 1.29 is 46.5 Å². The number of nitrogens with one attached hydrogen (secondary N) is 1. The van der Waals surface area contributed by atoms with Crippen LogP contribution in [0.1, 0.15) is 47.8 Å². The third kappa shape index (κ3) is 5.44. The molecule has 0 bridgehead atoms. The molecule has 2 atom stereocenters. The van der Waals surface area contributed by atoms with Crippen molar-refractivity contribution in [2.24, 2.45) is 5.73 Å². The number of pyridine rings is 1. The van der Waals surface area contributed by atoms with Gasteiger partial charge in [-0.25, -0.2) is 9.37 Å². The van der Waals surface area contributed by atoms with Gasteiger partial charge in [-0.1, -0.05) is 6.92 Å². The van der Waals surface area contributed by atoms with Gasteiger partial charge >= 0.3 is 6.18 Å². The van der Waals surface area contributed by atoms with Crippen molar-refractivity contribution in [2.45, 2.75) is 49.5 Å². The van der Waals surface area contributed by atoms with Gasteiger partial charge in [0.05, 0.1) is 25.5 Å². The fourth-order valence-corrected chi connectivity index (χ4v) is 4.91. The lowest BCUT2D eigenvalue weighted by Gasteiger charge is -2.32. The summed E-state index contributed by atoms with van der Waals surface area (Å²) in [7, 11) is 1.36. The lowest BCUT2D eigenvalue weighted by atomic mass is 9.78. The van der Waals surface area contributed by atoms with Gasteiger partial charge in [-0.2, -0.15) is 13.2 Å². The highest BCUT2D eigenvalue weighted by Crippen LogP contribution is 2.49. The fourth-order valence-electron chi connectivity index (χ4n) is 4.91. The molecule has 0 radical (unpaired) electrons. The lowest BCUT2D eigenvalue weighted by Crippen LogP contribution is -2.52. The molecule has 3 aromatic rings. The molecule has 2 aliphatic rings. The number of carbonyl (C=O) groups is 2. The average Bonchev–Trinajstić information content (AvgIpc) is 3.71. The Labute approximate surface area is 244 Å². The molecular weight excluding hydrogens is 574 g/mol. The van der Waals surface area contributed by atoms with E-state index in [-0.39, 0.29) is 53.0 Å². The molecule has 2 amide bonds. The van der Waals surface area contributed by atoms with Crippen LogP contribution in [-0.2, 0) is 15.8 Å². The average molecular weight is 604 g/mol. The number of rotatable bonds is 10. The topological polar surface area (TPSA) is 133 Å². The number of nitrogens with zero attached hydrogens (tertiary/aromatic N) is 1. The predicted molar refractivity (Wildman–Crippen MR) is 145 cm³/mol. The highest BCUT2D eigenvalue weighted by atomic mass is 19.4. The molecule has 43 heavy (non-hydrogen) atoms. The molecule has 0 saturated heterocycles. The van der Waals surface area contributed by atoms with Gasteiger partial charge in [-0.3, -0.25) is 9.59 Å². The zero-order valence-electron chi connectivity index (χ0n) is 23.3. The third-order valence-electron chi connectivity index (χ3n) is 7.79. The van der Waals surface area contributed by atoms with E-state index < -0.39 is 47.1 Å². The highest BCUT2D eigenvalue weighted by molar-refractivity contribution is 5.95. The maximum atomic E-state index is 14.7. The largest absolute Gasteiger partial charge is 0.493 e. The SMILES string of the molecule is CC[C@]1(C(N)=O)COc2c1cc([C@@](O)(CNC(=O)c1ccc(OC3CC3)c(OC)c1)C(F)(F)F)nc2-c1ccc(F)cc1. The van der Waals surface area contributed by atoms with Crippen LogP contribution in [0.2, 0.25) is 0 Å². The molecule has 1 aliphatic carbocycles. The second-order valence-corrected chi connectivity index (χ2v) is 10.6. The van der Waals surface area contributed by atoms with Gasteiger partial charge in [-0.05, 0) is 67.8 Å². The molecule has 228 valence electrons. The Bertz CT molecular complexity index is 1560. The number of hydrogen-bond acceptors (Lipinski definition) is 7. The van der Waals surface area contributed by atoms with Crippen LogP contribution >= 0.6 is 0 Å². The van der Waals surface area contributed by atoms with Crippen molar-refractivity contribution in [1.29, 1.82) is 0 Å². The maximum absolute atomic E-state index is 14.7. The fraction of sp³-hybridized carbons (Fsp3) is 0.367. The number of halogens is 4. The van der Waals surface area contributed by atoms with Crippen molar-refractivity contribution in [3.63, 3.8) is 0 Å². The van der Waals surface area contributed by atoms with Crippen LogP contribution in [0.4, 0.5) is 17.6 Å². The molecule has 2 heterocycles. The van der Waals surface area contributed by atoms with Gasteiger partial charge in [0, 0.05) is 16.7 Å². The van der Waals surface area contributed by atoms with Gasteiger partial charge in [0.25, 0.3) is 5.91 Å². The van der Waals surface area contributed by atoms with E-state index in [1.54, 1.807) is 6.92 Å². The number of ether oxygens (including phenoxy) is 3. The molecule has 5 rings (SSSR count). The van der Waals surface area contributed by atoms with Crippen LogP contribution < -0.4 is 25.3 Å². The van der Waals surface area contributed by atoms with Crippen molar-refractivity contribution in [2.75, 3.05) is 20.3 Å². The smallest absolute Gasteiger partial charge is 0.424 e. The first-order valence-electron chi connectivity index (χ1n) is 13.5. The number of primary amides is 1. The number of methoxy groups -OCH3 is 1. The molecule has 1 aromatic heterocycles. The van der Waals surface area contributed by atoms with Crippen molar-refractivity contribution in [3.8, 4) is 28.5 Å². The summed E-state index contributed by atoms with van der Waals surface area (Å²) in [5, 5.41) is 13.4. The van der Waals surface area contributed by atoms with Crippen LogP contribution in [0, 0.1) is 5.82 Å². The minimum Gasteiger partial charge on any atom is -0.493 e. The van der Waals surface area contributed by atoms with Crippen LogP contribution in [0.15, 0.2) is 48.5 Å². The number of aromatic nitrogens is 1. The quantitative estimate of drug-likeness (QED) is 0.297. The number of alkyl halides is 3. The van der Waals surface area contributed by atoms with E-state index in [0.29, 0.717) is 5.75 Å². The third-order valence-corrected chi connectivity index (χ3v) is 7.79. The number of nitrogens with two attached hydrogens (primary N) is 1. The Hall–Kier alpha value is -4.39. The Morgan fingerprint density at radius 3 is 2.42 bits per heavy atom. The zero-order chi connectivity index (χ0) is 31.2. The van der Waals surface area contributed by atoms with Crippen molar-refractivity contribution >= 4 is 11.8 Å². The zero-order valence-corrected chi connectivity index (χ0v) is 23.3. The number of hydrogen-bond donors (Lipinski definition) is 3. The van der Waals surface area contributed by atoms with E-state index in [4.69, 9.17) is 19.9 Å². The Morgan fingerprint density at radius 2 is 1.84 bits per heavy atom. The Balaban J connectivity index is 1.55. The summed E-state index contributed by atoms with van der Waals surface area (Å²) in [5.41, 5.74) is -0.479. The summed E-state index contributed by atoms with van der Waals surface area (Å²) in [6.45, 7) is 0.0203. The molecule has 4 N–H and O–H groups in total. The summed E-state index contributed by atoms with van der Waals surface area (Å²) in [4.78, 5) is 29.7. The number of benzene rings is 2. The molecular formula is C30H29F4N3O6. The van der Waals surface area contributed by atoms with E-state index in [2.05, 4.69) is 10.3 Å². The lowest BCUT2D eigenvalue weighted by molar-refractivity contribution is -0.265. The summed E-state index contributed by atoms with van der Waals surface area (Å²) in [6, 6.07) is 9.81. The maximum Gasteiger partial charge on any atom is 0.424 e. The molecule has 2 aromatic carbocycles. The standard InChI is InChI=1S/C30H29F4N3O6/c1-3-28(27(35)39)15-42-25-20(28)13-23(37-24(25)16-4-7-18(31)8-5-16)29(40,30(32,33)34)14-36-26(38)17-6-11-21(22(12-17)41-2)43-19-9-10-19/h4-8,11-13,19,40H,3,9-10,14-15H2,1-2H3,(H2,35,39)(H,36,38)/t28-,29-/m0/s1. The van der Waals surface area contributed by atoms with E-state index in [0.717, 1.165) is 31.0 Å². The van der Waals surface area contributed by atoms with Gasteiger partial charge in [0.2, 0.25) is 11.5 Å². The minimum absolute atomic E-state index is 0.00295. The number of amides is 2. The summed E-state index contributed by atoms with van der Waals surface area (Å²) in [6.07, 6.45) is -3.47. The number of fused-ring (bicyclic) bond motifs is 1. The van der Waals surface area contributed by atoms with E-state index >= 15 is 0 Å². The van der Waals surface area contributed by atoms with Gasteiger partial charge in [0.1, 0.15) is 29.3 Å². The van der Waals surface area contributed by atoms with E-state index in [1.807, 2.05) is 0 Å².